The first-order valence-corrected chi connectivity index (χ1v) is 17.8. The monoisotopic (exact) mass is 786 g/mol. The highest BCUT2D eigenvalue weighted by atomic mass is 32.1. The van der Waals surface area contributed by atoms with E-state index in [1.807, 2.05) is 0 Å². The van der Waals surface area contributed by atoms with E-state index in [1.54, 1.807) is 36.7 Å². The number of aromatic nitrogens is 4. The van der Waals surface area contributed by atoms with Crippen LogP contribution in [0.2, 0.25) is 0 Å². The minimum atomic E-state index is -5.28. The maximum atomic E-state index is 17.4. The van der Waals surface area contributed by atoms with Crippen LogP contribution in [0.4, 0.5) is 37.2 Å². The molecule has 2 N–H and O–H groups in total. The number of nitrogen functional groups attached to an aromatic ring is 1. The highest BCUT2D eigenvalue weighted by molar-refractivity contribution is 7.23. The van der Waals surface area contributed by atoms with E-state index in [4.69, 9.17) is 14.6 Å². The fourth-order valence-corrected chi connectivity index (χ4v) is 8.12. The van der Waals surface area contributed by atoms with Crippen LogP contribution in [0.25, 0.3) is 32.1 Å². The molecular weight excluding hydrogens is 749 g/mol. The number of alkyl halides is 3. The molecule has 288 valence electrons. The van der Waals surface area contributed by atoms with E-state index in [9.17, 15) is 14.4 Å². The van der Waals surface area contributed by atoms with Crippen molar-refractivity contribution >= 4 is 49.1 Å². The van der Waals surface area contributed by atoms with Crippen molar-refractivity contribution < 1.29 is 40.0 Å². The number of ether oxygens (including phenoxy) is 1. The summed E-state index contributed by atoms with van der Waals surface area (Å²) in [6.45, 7) is -1.10. The summed E-state index contributed by atoms with van der Waals surface area (Å²) in [4.78, 5) is 25.6. The minimum absolute atomic E-state index is 0.0357. The van der Waals surface area contributed by atoms with Crippen LogP contribution < -0.4 is 15.4 Å². The molecule has 2 aromatic carbocycles. The average Bonchev–Trinajstić information content (AvgIpc) is 3.64. The lowest BCUT2D eigenvalue weighted by Gasteiger charge is -2.40. The minimum Gasteiger partial charge on any atom is -0.462 e. The van der Waals surface area contributed by atoms with Crippen molar-refractivity contribution in [3.63, 3.8) is 0 Å². The van der Waals surface area contributed by atoms with Gasteiger partial charge in [-0.05, 0) is 49.7 Å². The second-order valence-corrected chi connectivity index (χ2v) is 15.0. The Hall–Kier alpha value is -5.41. The molecule has 18 heteroatoms. The Morgan fingerprint density at radius 3 is 2.67 bits per heavy atom. The number of benzene rings is 2. The summed E-state index contributed by atoms with van der Waals surface area (Å²) in [6, 6.07) is 5.50. The lowest BCUT2D eigenvalue weighted by molar-refractivity contribution is -0.137. The lowest BCUT2D eigenvalue weighted by atomic mass is 9.78. The number of thiophene rings is 1. The van der Waals surface area contributed by atoms with Gasteiger partial charge in [-0.3, -0.25) is 9.48 Å². The summed E-state index contributed by atoms with van der Waals surface area (Å²) in [6.07, 6.45) is -4.51. The zero-order chi connectivity index (χ0) is 42.1. The van der Waals surface area contributed by atoms with E-state index in [2.05, 4.69) is 15.1 Å². The highest BCUT2D eigenvalue weighted by Crippen LogP contribution is 2.48. The molecule has 1 atom stereocenters. The molecule has 5 heterocycles. The molecule has 0 saturated carbocycles. The first-order valence-electron chi connectivity index (χ1n) is 18.5. The van der Waals surface area contributed by atoms with Gasteiger partial charge in [0.25, 0.3) is 5.91 Å². The summed E-state index contributed by atoms with van der Waals surface area (Å²) < 4.78 is 125. The topological polar surface area (TPSA) is 129 Å². The largest absolute Gasteiger partial charge is 0.462 e. The Labute approximate surface area is 319 Å². The van der Waals surface area contributed by atoms with E-state index in [-0.39, 0.29) is 76.2 Å². The SMILES string of the molecule is [2H]C([2H])([2H])N1CC/C(=C\F)[C@](C)(COc2nc(N3CCCn4nc(C(=O)N(C)C)cc4C3)c3cc(C(F)(F)F)c(-c4c(F)ccc5sc(N)c(C#N)c45)c(F)c3n2)C1. The quantitative estimate of drug-likeness (QED) is 0.179. The predicted molar refractivity (Wildman–Crippen MR) is 195 cm³/mol. The molecule has 1 fully saturated rings. The van der Waals surface area contributed by atoms with Gasteiger partial charge in [0.05, 0.1) is 29.7 Å². The number of fused-ring (bicyclic) bond motifs is 3. The van der Waals surface area contributed by atoms with E-state index < -0.39 is 70.4 Å². The molecular formula is C37H35F6N9O2S. The van der Waals surface area contributed by atoms with Gasteiger partial charge in [0.1, 0.15) is 34.8 Å². The van der Waals surface area contributed by atoms with E-state index >= 15 is 22.0 Å². The first-order chi connectivity index (χ1) is 27.2. The van der Waals surface area contributed by atoms with Crippen LogP contribution in [0.3, 0.4) is 0 Å². The second-order valence-electron chi connectivity index (χ2n) is 14.0. The number of carbonyl (C=O) groups is 1. The number of likely N-dealkylation sites (tertiary alicyclic amines) is 1. The molecule has 55 heavy (non-hydrogen) atoms. The number of nitriles is 1. The van der Waals surface area contributed by atoms with Crippen molar-refractivity contribution in [1.29, 1.82) is 5.26 Å². The number of amides is 1. The predicted octanol–water partition coefficient (Wildman–Crippen LogP) is 7.14. The summed E-state index contributed by atoms with van der Waals surface area (Å²) in [5, 5.41) is 13.5. The van der Waals surface area contributed by atoms with E-state index in [0.717, 1.165) is 17.4 Å². The Morgan fingerprint density at radius 2 is 1.98 bits per heavy atom. The number of piperidine rings is 1. The van der Waals surface area contributed by atoms with Crippen molar-refractivity contribution in [2.75, 3.05) is 57.9 Å². The lowest BCUT2D eigenvalue weighted by Crippen LogP contribution is -2.44. The van der Waals surface area contributed by atoms with Crippen LogP contribution in [0.15, 0.2) is 36.2 Å². The summed E-state index contributed by atoms with van der Waals surface area (Å²) in [7, 11) is 3.10. The highest BCUT2D eigenvalue weighted by Gasteiger charge is 2.40. The van der Waals surface area contributed by atoms with Crippen molar-refractivity contribution in [2.45, 2.75) is 39.0 Å². The smallest absolute Gasteiger partial charge is 0.417 e. The van der Waals surface area contributed by atoms with Crippen molar-refractivity contribution in [1.82, 2.24) is 29.5 Å². The van der Waals surface area contributed by atoms with Crippen LogP contribution in [0, 0.1) is 28.4 Å². The van der Waals surface area contributed by atoms with E-state index in [1.165, 1.54) is 21.9 Å². The molecule has 0 spiro atoms. The van der Waals surface area contributed by atoms with Gasteiger partial charge in [0.15, 0.2) is 11.5 Å². The molecule has 2 aliphatic rings. The van der Waals surface area contributed by atoms with Gasteiger partial charge in [-0.25, -0.2) is 13.2 Å². The fourth-order valence-electron chi connectivity index (χ4n) is 7.19. The number of halogens is 6. The zero-order valence-electron chi connectivity index (χ0n) is 32.7. The third-order valence-corrected chi connectivity index (χ3v) is 10.9. The van der Waals surface area contributed by atoms with Gasteiger partial charge in [-0.1, -0.05) is 6.92 Å². The van der Waals surface area contributed by atoms with Gasteiger partial charge < -0.3 is 25.2 Å². The molecule has 0 unspecified atom stereocenters. The molecule has 2 aliphatic heterocycles. The molecule has 0 aliphatic carbocycles. The normalized spacial score (nSPS) is 19.8. The maximum absolute atomic E-state index is 17.4. The van der Waals surface area contributed by atoms with Crippen LogP contribution in [0.5, 0.6) is 6.01 Å². The second kappa shape index (κ2) is 14.0. The van der Waals surface area contributed by atoms with Crippen molar-refractivity contribution in [3.8, 4) is 23.2 Å². The summed E-state index contributed by atoms with van der Waals surface area (Å²) in [5.41, 5.74) is 0.926. The zero-order valence-corrected chi connectivity index (χ0v) is 30.5. The van der Waals surface area contributed by atoms with Crippen molar-refractivity contribution in [2.24, 2.45) is 5.41 Å². The molecule has 11 nitrogen and oxygen atoms in total. The number of hydrogen-bond acceptors (Lipinski definition) is 10. The average molecular weight is 787 g/mol. The van der Waals surface area contributed by atoms with Crippen LogP contribution in [-0.2, 0) is 19.3 Å². The molecule has 7 rings (SSSR count). The standard InChI is InChI=1S/C37H35F6N9O2S/c1-36(17-50(4)11-8-19(36)14-38)18-54-35-46-31-21(33(47-35)51-9-5-10-52-20(16-51)12-25(48-52)34(53)49(2)3)13-23(37(41,42)43)28(30(31)40)29-24(39)6-7-26-27(29)22(15-44)32(45)55-26/h6-7,12-14H,5,8-11,16-18,45H2,1-4H3/b19-14+/t36-/m0/s1/i4D3. The van der Waals surface area contributed by atoms with Crippen LogP contribution in [-0.4, -0.2) is 82.8 Å². The van der Waals surface area contributed by atoms with Gasteiger partial charge in [-0.15, -0.1) is 11.3 Å². The Morgan fingerprint density at radius 1 is 1.20 bits per heavy atom. The number of rotatable bonds is 6. The molecule has 0 bridgehead atoms. The first kappa shape index (κ1) is 34.1. The van der Waals surface area contributed by atoms with Crippen LogP contribution >= 0.6 is 11.3 Å². The molecule has 3 aromatic heterocycles. The Bertz CT molecular complexity index is 2550. The number of carbonyl (C=O) groups excluding carboxylic acids is 1. The Balaban J connectivity index is 1.45. The number of aryl methyl sites for hydroxylation is 1. The summed E-state index contributed by atoms with van der Waals surface area (Å²) >= 11 is 0.824. The van der Waals surface area contributed by atoms with Gasteiger partial charge in [0.2, 0.25) is 0 Å². The molecule has 1 saturated heterocycles. The third kappa shape index (κ3) is 6.69. The number of hydrogen-bond donors (Lipinski definition) is 1. The molecule has 0 radical (unpaired) electrons. The molecule has 1 amide bonds. The third-order valence-electron chi connectivity index (χ3n) is 9.95. The van der Waals surface area contributed by atoms with Crippen molar-refractivity contribution in [3.05, 3.63) is 70.3 Å². The van der Waals surface area contributed by atoms with E-state index in [0.29, 0.717) is 31.1 Å². The maximum Gasteiger partial charge on any atom is 0.417 e. The van der Waals surface area contributed by atoms with Gasteiger partial charge >= 0.3 is 12.2 Å². The van der Waals surface area contributed by atoms with Gasteiger partial charge in [-0.2, -0.15) is 33.5 Å². The Kier molecular flexibility index (Phi) is 8.70. The summed E-state index contributed by atoms with van der Waals surface area (Å²) in [5.74, 6) is -3.45. The number of nitrogens with zero attached hydrogens (tertiary/aromatic N) is 8. The number of anilines is 2. The molecule has 5 aromatic rings. The van der Waals surface area contributed by atoms with Gasteiger partial charge in [0, 0.05) is 76.4 Å². The number of nitrogens with two attached hydrogens (primary N) is 1. The van der Waals surface area contributed by atoms with Crippen LogP contribution in [0.1, 0.15) is 51.2 Å². The fraction of sp³-hybridized carbons (Fsp3) is 0.378.